The molecule has 4 rings (SSSR count). The number of benzene rings is 2. The van der Waals surface area contributed by atoms with Crippen molar-refractivity contribution < 1.29 is 19.4 Å². The lowest BCUT2D eigenvalue weighted by Crippen LogP contribution is -2.42. The van der Waals surface area contributed by atoms with E-state index in [-0.39, 0.29) is 17.8 Å². The van der Waals surface area contributed by atoms with Gasteiger partial charge >= 0.3 is 0 Å². The molecule has 8 nitrogen and oxygen atoms in total. The average Bonchev–Trinajstić information content (AvgIpc) is 3.22. The number of rotatable bonds is 6. The van der Waals surface area contributed by atoms with Crippen LogP contribution in [0.3, 0.4) is 0 Å². The summed E-state index contributed by atoms with van der Waals surface area (Å²) in [7, 11) is 0. The Hall–Kier alpha value is -3.81. The molecule has 1 saturated heterocycles. The molecule has 1 aromatic heterocycles. The number of hydrogen-bond donors (Lipinski definition) is 3. The van der Waals surface area contributed by atoms with Crippen LogP contribution in [0.1, 0.15) is 34.5 Å². The zero-order chi connectivity index (χ0) is 22.7. The van der Waals surface area contributed by atoms with Crippen LogP contribution in [-0.4, -0.2) is 51.0 Å². The molecule has 4 N–H and O–H groups in total. The molecule has 2 amide bonds. The van der Waals surface area contributed by atoms with Gasteiger partial charge in [0.1, 0.15) is 17.6 Å². The first kappa shape index (κ1) is 21.4. The van der Waals surface area contributed by atoms with Crippen molar-refractivity contribution in [2.24, 2.45) is 5.73 Å². The van der Waals surface area contributed by atoms with Crippen LogP contribution in [0, 0.1) is 6.92 Å². The van der Waals surface area contributed by atoms with E-state index in [0.29, 0.717) is 43.7 Å². The number of nitrogens with zero attached hydrogens (tertiary/aromatic N) is 2. The number of primary amides is 1. The van der Waals surface area contributed by atoms with Gasteiger partial charge in [-0.05, 0) is 42.8 Å². The van der Waals surface area contributed by atoms with Gasteiger partial charge in [0.15, 0.2) is 0 Å². The molecule has 0 atom stereocenters. The molecule has 0 unspecified atom stereocenters. The topological polar surface area (TPSA) is 122 Å². The second-order valence-electron chi connectivity index (χ2n) is 7.99. The van der Waals surface area contributed by atoms with Gasteiger partial charge < -0.3 is 25.5 Å². The Morgan fingerprint density at radius 2 is 1.91 bits per heavy atom. The summed E-state index contributed by atoms with van der Waals surface area (Å²) in [5.74, 6) is 0.118. The number of nitrogens with two attached hydrogens (primary N) is 1. The Morgan fingerprint density at radius 3 is 2.53 bits per heavy atom. The lowest BCUT2D eigenvalue weighted by Gasteiger charge is -2.32. The van der Waals surface area contributed by atoms with Gasteiger partial charge in [-0.25, -0.2) is 4.98 Å². The van der Waals surface area contributed by atoms with E-state index < -0.39 is 5.91 Å². The molecular weight excluding hydrogens is 408 g/mol. The van der Waals surface area contributed by atoms with Crippen molar-refractivity contribution in [3.63, 3.8) is 0 Å². The maximum atomic E-state index is 12.6. The Morgan fingerprint density at radius 1 is 1.19 bits per heavy atom. The molecule has 0 spiro atoms. The molecule has 1 aliphatic rings. The number of nitrogens with one attached hydrogen (secondary N) is 1. The molecule has 0 radical (unpaired) electrons. The molecule has 1 fully saturated rings. The number of carbonyl (C=O) groups is 2. The fourth-order valence-corrected chi connectivity index (χ4v) is 3.93. The van der Waals surface area contributed by atoms with Crippen molar-refractivity contribution in [2.75, 3.05) is 13.1 Å². The predicted molar refractivity (Wildman–Crippen MR) is 119 cm³/mol. The van der Waals surface area contributed by atoms with E-state index in [9.17, 15) is 14.7 Å². The highest BCUT2D eigenvalue weighted by Gasteiger charge is 2.25. The molecule has 0 bridgehead atoms. The lowest BCUT2D eigenvalue weighted by atomic mass is 10.0. The highest BCUT2D eigenvalue weighted by atomic mass is 16.5. The largest absolute Gasteiger partial charge is 0.508 e. The van der Waals surface area contributed by atoms with E-state index in [2.05, 4.69) is 9.97 Å². The van der Waals surface area contributed by atoms with E-state index >= 15 is 0 Å². The van der Waals surface area contributed by atoms with Gasteiger partial charge in [-0.1, -0.05) is 12.1 Å². The molecule has 1 aliphatic heterocycles. The third-order valence-corrected chi connectivity index (χ3v) is 5.73. The van der Waals surface area contributed by atoms with Crippen molar-refractivity contribution in [3.05, 3.63) is 65.6 Å². The molecule has 3 aromatic rings. The van der Waals surface area contributed by atoms with Gasteiger partial charge in [-0.3, -0.25) is 9.59 Å². The van der Waals surface area contributed by atoms with Gasteiger partial charge in [-0.15, -0.1) is 0 Å². The number of aromatic hydroxyl groups is 1. The number of aromatic nitrogens is 2. The Kier molecular flexibility index (Phi) is 6.11. The summed E-state index contributed by atoms with van der Waals surface area (Å²) >= 11 is 0. The van der Waals surface area contributed by atoms with Gasteiger partial charge in [0, 0.05) is 37.2 Å². The van der Waals surface area contributed by atoms with Crippen LogP contribution >= 0.6 is 0 Å². The van der Waals surface area contributed by atoms with E-state index in [4.69, 9.17) is 10.5 Å². The van der Waals surface area contributed by atoms with Crippen LogP contribution in [0.25, 0.3) is 11.3 Å². The lowest BCUT2D eigenvalue weighted by molar-refractivity contribution is -0.132. The summed E-state index contributed by atoms with van der Waals surface area (Å²) in [5.41, 5.74) is 9.25. The summed E-state index contributed by atoms with van der Waals surface area (Å²) in [6.45, 7) is 3.07. The number of likely N-dealkylation sites (tertiary alicyclic amines) is 1. The number of imidazole rings is 1. The number of piperidine rings is 1. The predicted octanol–water partition coefficient (Wildman–Crippen LogP) is 2.80. The Labute approximate surface area is 186 Å². The van der Waals surface area contributed by atoms with Crippen LogP contribution in [0.15, 0.2) is 48.8 Å². The first-order chi connectivity index (χ1) is 15.4. The summed E-state index contributed by atoms with van der Waals surface area (Å²) < 4.78 is 6.12. The molecule has 32 heavy (non-hydrogen) atoms. The van der Waals surface area contributed by atoms with Crippen LogP contribution in [0.5, 0.6) is 11.5 Å². The smallest absolute Gasteiger partial charge is 0.252 e. The van der Waals surface area contributed by atoms with Crippen molar-refractivity contribution in [3.8, 4) is 22.8 Å². The molecule has 166 valence electrons. The minimum absolute atomic E-state index is 0.0469. The molecule has 2 aromatic carbocycles. The first-order valence-corrected chi connectivity index (χ1v) is 10.6. The van der Waals surface area contributed by atoms with Crippen LogP contribution in [0.4, 0.5) is 0 Å². The SMILES string of the molecule is Cc1[nH]cnc1-c1ccc(OC2CCN(C(=O)Cc3ccc(O)cc3)CC2)c(C(N)=O)c1. The molecule has 2 heterocycles. The number of hydrogen-bond acceptors (Lipinski definition) is 5. The minimum Gasteiger partial charge on any atom is -0.508 e. The van der Waals surface area contributed by atoms with Crippen molar-refractivity contribution in [1.29, 1.82) is 0 Å². The molecule has 8 heteroatoms. The van der Waals surface area contributed by atoms with Crippen molar-refractivity contribution in [2.45, 2.75) is 32.3 Å². The first-order valence-electron chi connectivity index (χ1n) is 10.6. The zero-order valence-corrected chi connectivity index (χ0v) is 17.9. The quantitative estimate of drug-likeness (QED) is 0.551. The number of H-pyrrole nitrogens is 1. The van der Waals surface area contributed by atoms with E-state index in [1.165, 1.54) is 0 Å². The number of phenols is 1. The number of phenolic OH excluding ortho intramolecular Hbond substituents is 1. The summed E-state index contributed by atoms with van der Waals surface area (Å²) in [4.78, 5) is 33.8. The van der Waals surface area contributed by atoms with E-state index in [0.717, 1.165) is 22.5 Å². The molecule has 0 saturated carbocycles. The minimum atomic E-state index is -0.559. The fourth-order valence-electron chi connectivity index (χ4n) is 3.93. The monoisotopic (exact) mass is 434 g/mol. The van der Waals surface area contributed by atoms with E-state index in [1.807, 2.05) is 17.9 Å². The second kappa shape index (κ2) is 9.13. The van der Waals surface area contributed by atoms with Crippen LogP contribution < -0.4 is 10.5 Å². The standard InChI is InChI=1S/C24H26N4O4/c1-15-23(27-14-26-15)17-4-7-21(20(13-17)24(25)31)32-19-8-10-28(11-9-19)22(30)12-16-2-5-18(29)6-3-16/h2-7,13-14,19,29H,8-12H2,1H3,(H2,25,31)(H,26,27). The highest BCUT2D eigenvalue weighted by Crippen LogP contribution is 2.29. The second-order valence-corrected chi connectivity index (χ2v) is 7.99. The third kappa shape index (κ3) is 4.74. The average molecular weight is 434 g/mol. The summed E-state index contributed by atoms with van der Waals surface area (Å²) in [6, 6.07) is 12.0. The fraction of sp³-hybridized carbons (Fsp3) is 0.292. The normalized spacial score (nSPS) is 14.3. The van der Waals surface area contributed by atoms with Crippen molar-refractivity contribution >= 4 is 11.8 Å². The number of amides is 2. The van der Waals surface area contributed by atoms with Crippen molar-refractivity contribution in [1.82, 2.24) is 14.9 Å². The number of aryl methyl sites for hydroxylation is 1. The highest BCUT2D eigenvalue weighted by molar-refractivity contribution is 5.97. The summed E-state index contributed by atoms with van der Waals surface area (Å²) in [6.07, 6.45) is 3.13. The van der Waals surface area contributed by atoms with Crippen LogP contribution in [-0.2, 0) is 11.2 Å². The van der Waals surface area contributed by atoms with Gasteiger partial charge in [0.25, 0.3) is 5.91 Å². The Bertz CT molecular complexity index is 1120. The van der Waals surface area contributed by atoms with Gasteiger partial charge in [0.2, 0.25) is 5.91 Å². The van der Waals surface area contributed by atoms with Crippen LogP contribution in [0.2, 0.25) is 0 Å². The zero-order valence-electron chi connectivity index (χ0n) is 17.9. The number of aromatic amines is 1. The third-order valence-electron chi connectivity index (χ3n) is 5.73. The van der Waals surface area contributed by atoms with E-state index in [1.54, 1.807) is 42.7 Å². The number of carbonyl (C=O) groups excluding carboxylic acids is 2. The molecular formula is C24H26N4O4. The van der Waals surface area contributed by atoms with Gasteiger partial charge in [0.05, 0.1) is 24.0 Å². The van der Waals surface area contributed by atoms with Gasteiger partial charge in [-0.2, -0.15) is 0 Å². The summed E-state index contributed by atoms with van der Waals surface area (Å²) in [5, 5.41) is 9.38. The maximum Gasteiger partial charge on any atom is 0.252 e. The molecule has 0 aliphatic carbocycles. The maximum absolute atomic E-state index is 12.6. The number of ether oxygens (including phenoxy) is 1. The Balaban J connectivity index is 1.38.